The summed E-state index contributed by atoms with van der Waals surface area (Å²) in [5.41, 5.74) is 0.782. The van der Waals surface area contributed by atoms with Gasteiger partial charge in [0.1, 0.15) is 0 Å². The van der Waals surface area contributed by atoms with Crippen LogP contribution in [-0.4, -0.2) is 37.3 Å². The Bertz CT molecular complexity index is 426. The van der Waals surface area contributed by atoms with Crippen molar-refractivity contribution in [3.05, 3.63) is 29.8 Å². The largest absolute Gasteiger partial charge is 0.388 e. The molecule has 0 aliphatic carbocycles. The third-order valence-electron chi connectivity index (χ3n) is 3.52. The minimum Gasteiger partial charge on any atom is -0.388 e. The predicted octanol–water partition coefficient (Wildman–Crippen LogP) is 2.03. The van der Waals surface area contributed by atoms with E-state index in [0.29, 0.717) is 18.4 Å². The van der Waals surface area contributed by atoms with Crippen LogP contribution in [0.5, 0.6) is 0 Å². The van der Waals surface area contributed by atoms with E-state index in [-0.39, 0.29) is 12.5 Å². The average molecular weight is 264 g/mol. The van der Waals surface area contributed by atoms with Gasteiger partial charge >= 0.3 is 0 Å². The van der Waals surface area contributed by atoms with Crippen LogP contribution < -0.4 is 10.2 Å². The lowest BCUT2D eigenvalue weighted by molar-refractivity contribution is 0.0314. The number of hydrogen-bond donors (Lipinski definition) is 2. The zero-order valence-corrected chi connectivity index (χ0v) is 12.2. The highest BCUT2D eigenvalue weighted by Crippen LogP contribution is 2.15. The monoisotopic (exact) mass is 264 g/mol. The second kappa shape index (κ2) is 6.57. The summed E-state index contributed by atoms with van der Waals surface area (Å²) < 4.78 is 0. The van der Waals surface area contributed by atoms with Crippen LogP contribution in [0.2, 0.25) is 0 Å². The van der Waals surface area contributed by atoms with Crippen LogP contribution in [0, 0.1) is 0 Å². The topological polar surface area (TPSA) is 52.6 Å². The van der Waals surface area contributed by atoms with Gasteiger partial charge in [-0.3, -0.25) is 4.79 Å². The van der Waals surface area contributed by atoms with Gasteiger partial charge in [-0.15, -0.1) is 0 Å². The summed E-state index contributed by atoms with van der Waals surface area (Å²) in [5, 5.41) is 12.9. The molecule has 0 spiro atoms. The highest BCUT2D eigenvalue weighted by atomic mass is 16.3. The van der Waals surface area contributed by atoms with Gasteiger partial charge in [-0.1, -0.05) is 19.9 Å². The Labute approximate surface area is 115 Å². The molecule has 0 saturated heterocycles. The molecule has 4 nitrogen and oxygen atoms in total. The van der Waals surface area contributed by atoms with E-state index in [4.69, 9.17) is 0 Å². The molecule has 0 radical (unpaired) electrons. The maximum Gasteiger partial charge on any atom is 0.251 e. The number of hydrogen-bond acceptors (Lipinski definition) is 3. The number of nitrogens with zero attached hydrogens (tertiary/aromatic N) is 1. The maximum absolute atomic E-state index is 12.1. The highest BCUT2D eigenvalue weighted by Gasteiger charge is 2.23. The second-order valence-corrected chi connectivity index (χ2v) is 5.06. The Morgan fingerprint density at radius 3 is 2.47 bits per heavy atom. The Kier molecular flexibility index (Phi) is 5.36. The van der Waals surface area contributed by atoms with E-state index >= 15 is 0 Å². The summed E-state index contributed by atoms with van der Waals surface area (Å²) in [6.45, 7) is 4.12. The smallest absolute Gasteiger partial charge is 0.251 e. The molecule has 0 bridgehead atoms. The summed E-state index contributed by atoms with van der Waals surface area (Å²) in [6, 6.07) is 7.42. The van der Waals surface area contributed by atoms with Crippen molar-refractivity contribution < 1.29 is 9.90 Å². The number of rotatable bonds is 6. The molecule has 19 heavy (non-hydrogen) atoms. The lowest BCUT2D eigenvalue weighted by Gasteiger charge is -2.25. The van der Waals surface area contributed by atoms with Gasteiger partial charge in [0.15, 0.2) is 0 Å². The van der Waals surface area contributed by atoms with Crippen molar-refractivity contribution >= 4 is 11.6 Å². The van der Waals surface area contributed by atoms with Crippen molar-refractivity contribution in [2.45, 2.75) is 32.3 Å². The van der Waals surface area contributed by atoms with Gasteiger partial charge in [-0.25, -0.2) is 0 Å². The first-order valence-electron chi connectivity index (χ1n) is 6.70. The minimum atomic E-state index is -0.811. The molecule has 106 valence electrons. The summed E-state index contributed by atoms with van der Waals surface area (Å²) >= 11 is 0. The zero-order chi connectivity index (χ0) is 14.5. The standard InChI is InChI=1S/C15H24N2O2/c1-5-15(19,6-2)11-16-14(18)12-8-7-9-13(10-12)17(3)4/h7-10,19H,5-6,11H2,1-4H3,(H,16,18). The summed E-state index contributed by atoms with van der Waals surface area (Å²) in [4.78, 5) is 14.0. The second-order valence-electron chi connectivity index (χ2n) is 5.06. The van der Waals surface area contributed by atoms with E-state index in [0.717, 1.165) is 5.69 Å². The first kappa shape index (κ1) is 15.5. The molecule has 1 amide bonds. The van der Waals surface area contributed by atoms with Crippen LogP contribution in [-0.2, 0) is 0 Å². The molecule has 0 aliphatic rings. The molecule has 2 N–H and O–H groups in total. The summed E-state index contributed by atoms with van der Waals surface area (Å²) in [6.07, 6.45) is 1.25. The lowest BCUT2D eigenvalue weighted by atomic mass is 9.97. The van der Waals surface area contributed by atoms with Crippen molar-refractivity contribution in [2.75, 3.05) is 25.5 Å². The minimum absolute atomic E-state index is 0.149. The van der Waals surface area contributed by atoms with Gasteiger partial charge in [0.25, 0.3) is 5.91 Å². The van der Waals surface area contributed by atoms with Gasteiger partial charge < -0.3 is 15.3 Å². The van der Waals surface area contributed by atoms with Crippen LogP contribution in [0.4, 0.5) is 5.69 Å². The van der Waals surface area contributed by atoms with Gasteiger partial charge in [-0.05, 0) is 31.0 Å². The van der Waals surface area contributed by atoms with E-state index in [2.05, 4.69) is 5.32 Å². The molecule has 1 rings (SSSR count). The molecule has 0 saturated carbocycles. The number of carbonyl (C=O) groups is 1. The van der Waals surface area contributed by atoms with E-state index < -0.39 is 5.60 Å². The van der Waals surface area contributed by atoms with E-state index in [1.165, 1.54) is 0 Å². The Balaban J connectivity index is 2.71. The highest BCUT2D eigenvalue weighted by molar-refractivity contribution is 5.95. The van der Waals surface area contributed by atoms with Crippen molar-refractivity contribution in [3.63, 3.8) is 0 Å². The fourth-order valence-corrected chi connectivity index (χ4v) is 1.77. The SMILES string of the molecule is CCC(O)(CC)CNC(=O)c1cccc(N(C)C)c1. The molecule has 0 unspecified atom stereocenters. The third-order valence-corrected chi connectivity index (χ3v) is 3.52. The van der Waals surface area contributed by atoms with Crippen LogP contribution in [0.15, 0.2) is 24.3 Å². The quantitative estimate of drug-likeness (QED) is 0.826. The Hall–Kier alpha value is -1.55. The normalized spacial score (nSPS) is 11.2. The average Bonchev–Trinajstić information content (AvgIpc) is 2.44. The van der Waals surface area contributed by atoms with Crippen molar-refractivity contribution in [1.29, 1.82) is 0 Å². The Morgan fingerprint density at radius 2 is 1.95 bits per heavy atom. The van der Waals surface area contributed by atoms with E-state index in [1.54, 1.807) is 6.07 Å². The van der Waals surface area contributed by atoms with E-state index in [9.17, 15) is 9.90 Å². The molecular weight excluding hydrogens is 240 g/mol. The van der Waals surface area contributed by atoms with Crippen molar-refractivity contribution in [2.24, 2.45) is 0 Å². The first-order chi connectivity index (χ1) is 8.91. The van der Waals surface area contributed by atoms with Crippen LogP contribution in [0.25, 0.3) is 0 Å². The Morgan fingerprint density at radius 1 is 1.32 bits per heavy atom. The lowest BCUT2D eigenvalue weighted by Crippen LogP contribution is -2.42. The number of nitrogens with one attached hydrogen (secondary N) is 1. The fraction of sp³-hybridized carbons (Fsp3) is 0.533. The van der Waals surface area contributed by atoms with Crippen molar-refractivity contribution in [1.82, 2.24) is 5.32 Å². The fourth-order valence-electron chi connectivity index (χ4n) is 1.77. The van der Waals surface area contributed by atoms with Gasteiger partial charge in [0.05, 0.1) is 5.60 Å². The summed E-state index contributed by atoms with van der Waals surface area (Å²) in [7, 11) is 3.87. The number of aliphatic hydroxyl groups is 1. The third kappa shape index (κ3) is 4.24. The molecule has 4 heteroatoms. The molecule has 1 aromatic rings. The molecule has 0 heterocycles. The van der Waals surface area contributed by atoms with Gasteiger partial charge in [0.2, 0.25) is 0 Å². The van der Waals surface area contributed by atoms with Gasteiger partial charge in [0, 0.05) is 31.9 Å². The zero-order valence-electron chi connectivity index (χ0n) is 12.2. The molecule has 0 aromatic heterocycles. The first-order valence-corrected chi connectivity index (χ1v) is 6.70. The molecule has 1 aromatic carbocycles. The van der Waals surface area contributed by atoms with Crippen LogP contribution in [0.1, 0.15) is 37.0 Å². The molecule has 0 fully saturated rings. The molecule has 0 atom stereocenters. The summed E-state index contributed by atoms with van der Waals surface area (Å²) in [5.74, 6) is -0.149. The number of carbonyl (C=O) groups excluding carboxylic acids is 1. The van der Waals surface area contributed by atoms with Crippen molar-refractivity contribution in [3.8, 4) is 0 Å². The number of benzene rings is 1. The maximum atomic E-state index is 12.1. The number of amides is 1. The van der Waals surface area contributed by atoms with Gasteiger partial charge in [-0.2, -0.15) is 0 Å². The number of anilines is 1. The van der Waals surface area contributed by atoms with Crippen LogP contribution >= 0.6 is 0 Å². The van der Waals surface area contributed by atoms with E-state index in [1.807, 2.05) is 51.0 Å². The van der Waals surface area contributed by atoms with Crippen LogP contribution in [0.3, 0.4) is 0 Å². The molecule has 0 aliphatic heterocycles. The molecular formula is C15H24N2O2. The predicted molar refractivity (Wildman–Crippen MR) is 78.6 cm³/mol.